The predicted molar refractivity (Wildman–Crippen MR) is 75.2 cm³/mol. The highest BCUT2D eigenvalue weighted by Gasteiger charge is 2.45. The summed E-state index contributed by atoms with van der Waals surface area (Å²) in [5.41, 5.74) is 0.983. The highest BCUT2D eigenvalue weighted by Crippen LogP contribution is 2.28. The van der Waals surface area contributed by atoms with E-state index in [0.717, 1.165) is 0 Å². The van der Waals surface area contributed by atoms with Crippen LogP contribution in [0.4, 0.5) is 11.4 Å². The molecule has 2 unspecified atom stereocenters. The smallest absolute Gasteiger partial charge is 0.269 e. The maximum atomic E-state index is 10.7. The molecule has 1 heterocycles. The van der Waals surface area contributed by atoms with Crippen molar-refractivity contribution in [3.8, 4) is 0 Å². The van der Waals surface area contributed by atoms with Gasteiger partial charge in [-0.3, -0.25) is 10.1 Å². The molecule has 9 nitrogen and oxygen atoms in total. The summed E-state index contributed by atoms with van der Waals surface area (Å²) in [5.74, 6) is 0. The lowest BCUT2D eigenvalue weighted by Gasteiger charge is -2.20. The van der Waals surface area contributed by atoms with Crippen LogP contribution in [0.15, 0.2) is 18.2 Å². The van der Waals surface area contributed by atoms with Crippen LogP contribution in [0.5, 0.6) is 0 Å². The van der Waals surface area contributed by atoms with E-state index in [4.69, 9.17) is 9.84 Å². The molecule has 5 atom stereocenters. The second-order valence-corrected chi connectivity index (χ2v) is 5.15. The van der Waals surface area contributed by atoms with Gasteiger partial charge in [0.25, 0.3) is 5.69 Å². The van der Waals surface area contributed by atoms with E-state index in [2.05, 4.69) is 5.32 Å². The quantitative estimate of drug-likeness (QED) is 0.348. The third-order valence-corrected chi connectivity index (χ3v) is 3.59. The van der Waals surface area contributed by atoms with Gasteiger partial charge in [-0.05, 0) is 18.6 Å². The third-order valence-electron chi connectivity index (χ3n) is 3.59. The standard InChI is InChI=1S/C13H18N2O7/c1-6-4-7(15(20)21)2-3-8(6)14-13-11(19)10(18)12(22-13)9(17)5-16/h2-4,9-14,16-19H,5H2,1H3/t9?,10-,11-,12-,13?/m1/s1. The van der Waals surface area contributed by atoms with E-state index in [-0.39, 0.29) is 5.69 Å². The zero-order valence-corrected chi connectivity index (χ0v) is 11.8. The third kappa shape index (κ3) is 3.18. The number of aliphatic hydroxyl groups is 4. The van der Waals surface area contributed by atoms with Crippen LogP contribution >= 0.6 is 0 Å². The first-order chi connectivity index (χ1) is 10.3. The Balaban J connectivity index is 2.12. The fourth-order valence-electron chi connectivity index (χ4n) is 2.32. The number of aryl methyl sites for hydroxylation is 1. The molecule has 1 aromatic rings. The summed E-state index contributed by atoms with van der Waals surface area (Å²) in [6.07, 6.45) is -6.15. The van der Waals surface area contributed by atoms with E-state index in [1.54, 1.807) is 6.92 Å². The molecule has 1 aliphatic heterocycles. The number of benzene rings is 1. The number of nitro benzene ring substituents is 1. The lowest BCUT2D eigenvalue weighted by atomic mass is 10.1. The average Bonchev–Trinajstić information content (AvgIpc) is 2.76. The van der Waals surface area contributed by atoms with E-state index in [1.807, 2.05) is 0 Å². The first-order valence-corrected chi connectivity index (χ1v) is 6.67. The van der Waals surface area contributed by atoms with Crippen LogP contribution in [-0.4, -0.2) is 62.6 Å². The normalized spacial score (nSPS) is 29.3. The van der Waals surface area contributed by atoms with E-state index < -0.39 is 42.2 Å². The fraction of sp³-hybridized carbons (Fsp3) is 0.538. The fourth-order valence-corrected chi connectivity index (χ4v) is 2.32. The molecular formula is C13H18N2O7. The Morgan fingerprint density at radius 3 is 2.64 bits per heavy atom. The SMILES string of the molecule is Cc1cc([N+](=O)[O-])ccc1NC1O[C@H](C(O)CO)[C@H](O)[C@H]1O. The van der Waals surface area contributed by atoms with Crippen LogP contribution in [0.2, 0.25) is 0 Å². The maximum Gasteiger partial charge on any atom is 0.269 e. The number of anilines is 1. The molecule has 5 N–H and O–H groups in total. The van der Waals surface area contributed by atoms with Crippen molar-refractivity contribution in [2.75, 3.05) is 11.9 Å². The van der Waals surface area contributed by atoms with Gasteiger partial charge in [0.2, 0.25) is 0 Å². The van der Waals surface area contributed by atoms with Crippen LogP contribution in [0, 0.1) is 17.0 Å². The van der Waals surface area contributed by atoms with Gasteiger partial charge in [0, 0.05) is 17.8 Å². The molecule has 0 radical (unpaired) electrons. The Morgan fingerprint density at radius 2 is 2.09 bits per heavy atom. The molecule has 0 aromatic heterocycles. The molecular weight excluding hydrogens is 296 g/mol. The molecule has 1 saturated heterocycles. The number of nitrogens with one attached hydrogen (secondary N) is 1. The van der Waals surface area contributed by atoms with Crippen molar-refractivity contribution in [1.82, 2.24) is 0 Å². The zero-order chi connectivity index (χ0) is 16.4. The summed E-state index contributed by atoms with van der Waals surface area (Å²) in [5, 5.41) is 51.7. The summed E-state index contributed by atoms with van der Waals surface area (Å²) >= 11 is 0. The van der Waals surface area contributed by atoms with Gasteiger partial charge >= 0.3 is 0 Å². The van der Waals surface area contributed by atoms with E-state index in [0.29, 0.717) is 11.3 Å². The van der Waals surface area contributed by atoms with Gasteiger partial charge < -0.3 is 30.5 Å². The Morgan fingerprint density at radius 1 is 1.41 bits per heavy atom. The van der Waals surface area contributed by atoms with Crippen LogP contribution in [0.3, 0.4) is 0 Å². The summed E-state index contributed by atoms with van der Waals surface area (Å²) in [6, 6.07) is 4.12. The van der Waals surface area contributed by atoms with Gasteiger partial charge in [-0.1, -0.05) is 0 Å². The van der Waals surface area contributed by atoms with Crippen LogP contribution < -0.4 is 5.32 Å². The minimum Gasteiger partial charge on any atom is -0.394 e. The maximum absolute atomic E-state index is 10.7. The Bertz CT molecular complexity index is 553. The second kappa shape index (κ2) is 6.55. The molecule has 1 aromatic carbocycles. The Labute approximate surface area is 125 Å². The molecule has 22 heavy (non-hydrogen) atoms. The van der Waals surface area contributed by atoms with E-state index >= 15 is 0 Å². The highest BCUT2D eigenvalue weighted by atomic mass is 16.6. The molecule has 9 heteroatoms. The highest BCUT2D eigenvalue weighted by molar-refractivity contribution is 5.55. The lowest BCUT2D eigenvalue weighted by Crippen LogP contribution is -2.40. The number of nitrogens with zero attached hydrogens (tertiary/aromatic N) is 1. The van der Waals surface area contributed by atoms with Crippen molar-refractivity contribution in [1.29, 1.82) is 0 Å². The number of ether oxygens (including phenoxy) is 1. The first-order valence-electron chi connectivity index (χ1n) is 6.67. The van der Waals surface area contributed by atoms with Crippen LogP contribution in [0.1, 0.15) is 5.56 Å². The van der Waals surface area contributed by atoms with Gasteiger partial charge in [0.15, 0.2) is 6.23 Å². The number of hydrogen-bond donors (Lipinski definition) is 5. The molecule has 122 valence electrons. The van der Waals surface area contributed by atoms with Crippen molar-refractivity contribution in [2.45, 2.75) is 37.6 Å². The molecule has 0 bridgehead atoms. The number of nitro groups is 1. The minimum absolute atomic E-state index is 0.0652. The van der Waals surface area contributed by atoms with Gasteiger partial charge in [0.05, 0.1) is 11.5 Å². The van der Waals surface area contributed by atoms with E-state index in [1.165, 1.54) is 18.2 Å². The summed E-state index contributed by atoms with van der Waals surface area (Å²) in [7, 11) is 0. The zero-order valence-electron chi connectivity index (χ0n) is 11.8. The van der Waals surface area contributed by atoms with Crippen LogP contribution in [0.25, 0.3) is 0 Å². The minimum atomic E-state index is -1.36. The first kappa shape index (κ1) is 16.6. The molecule has 0 spiro atoms. The second-order valence-electron chi connectivity index (χ2n) is 5.15. The average molecular weight is 314 g/mol. The molecule has 1 aliphatic rings. The largest absolute Gasteiger partial charge is 0.394 e. The molecule has 2 rings (SSSR count). The predicted octanol–water partition coefficient (Wildman–Crippen LogP) is -0.885. The van der Waals surface area contributed by atoms with Gasteiger partial charge in [-0.2, -0.15) is 0 Å². The molecule has 0 saturated carbocycles. The summed E-state index contributed by atoms with van der Waals surface area (Å²) in [6.45, 7) is 1.03. The van der Waals surface area contributed by atoms with Crippen molar-refractivity contribution >= 4 is 11.4 Å². The van der Waals surface area contributed by atoms with Crippen molar-refractivity contribution in [2.24, 2.45) is 0 Å². The van der Waals surface area contributed by atoms with Gasteiger partial charge in [-0.25, -0.2) is 0 Å². The number of hydrogen-bond acceptors (Lipinski definition) is 8. The topological polar surface area (TPSA) is 145 Å². The summed E-state index contributed by atoms with van der Waals surface area (Å²) < 4.78 is 5.32. The number of aliphatic hydroxyl groups excluding tert-OH is 4. The van der Waals surface area contributed by atoms with Crippen molar-refractivity contribution in [3.63, 3.8) is 0 Å². The molecule has 1 fully saturated rings. The lowest BCUT2D eigenvalue weighted by molar-refractivity contribution is -0.384. The Hall–Kier alpha value is -1.78. The van der Waals surface area contributed by atoms with Crippen molar-refractivity contribution < 1.29 is 30.1 Å². The van der Waals surface area contributed by atoms with Crippen LogP contribution in [-0.2, 0) is 4.74 Å². The van der Waals surface area contributed by atoms with Gasteiger partial charge in [0.1, 0.15) is 24.4 Å². The summed E-state index contributed by atoms with van der Waals surface area (Å²) in [4.78, 5) is 10.2. The molecule has 0 aliphatic carbocycles. The van der Waals surface area contributed by atoms with E-state index in [9.17, 15) is 25.4 Å². The number of non-ortho nitro benzene ring substituents is 1. The van der Waals surface area contributed by atoms with Crippen molar-refractivity contribution in [3.05, 3.63) is 33.9 Å². The monoisotopic (exact) mass is 314 g/mol. The number of rotatable bonds is 5. The Kier molecular flexibility index (Phi) is 4.94. The molecule has 0 amide bonds. The van der Waals surface area contributed by atoms with Gasteiger partial charge in [-0.15, -0.1) is 0 Å².